The van der Waals surface area contributed by atoms with E-state index >= 15 is 0 Å². The highest BCUT2D eigenvalue weighted by atomic mass is 32.2. The second-order valence-electron chi connectivity index (χ2n) is 7.05. The van der Waals surface area contributed by atoms with E-state index in [2.05, 4.69) is 10.3 Å². The van der Waals surface area contributed by atoms with Crippen LogP contribution in [0.2, 0.25) is 0 Å². The molecule has 11 heteroatoms. The third kappa shape index (κ3) is 4.31. The van der Waals surface area contributed by atoms with Gasteiger partial charge in [-0.15, -0.1) is 0 Å². The second kappa shape index (κ2) is 8.49. The number of hydrogen-bond donors (Lipinski definition) is 1. The van der Waals surface area contributed by atoms with E-state index in [0.29, 0.717) is 13.2 Å². The minimum absolute atomic E-state index is 0.0418. The fraction of sp³-hybridized carbons (Fsp3) is 0.238. The van der Waals surface area contributed by atoms with Crippen molar-refractivity contribution in [2.45, 2.75) is 11.1 Å². The van der Waals surface area contributed by atoms with Gasteiger partial charge >= 0.3 is 6.18 Å². The third-order valence-corrected chi connectivity index (χ3v) is 6.96. The van der Waals surface area contributed by atoms with Gasteiger partial charge in [0.25, 0.3) is 5.91 Å². The largest absolute Gasteiger partial charge is 0.418 e. The SMILES string of the molecule is O=C(Nc1ccnc2c(C(F)(F)F)cccc12)c1ccc(S(=O)(=O)N2CCOCC2)cc1. The Morgan fingerprint density at radius 2 is 1.72 bits per heavy atom. The number of carbonyl (C=O) groups is 1. The van der Waals surface area contributed by atoms with Gasteiger partial charge < -0.3 is 10.1 Å². The van der Waals surface area contributed by atoms with Gasteiger partial charge in [0.1, 0.15) is 0 Å². The average molecular weight is 465 g/mol. The Kier molecular flexibility index (Phi) is 5.89. The molecule has 1 aliphatic heterocycles. The standard InChI is InChI=1S/C21H18F3N3O4S/c22-21(23,24)17-3-1-2-16-18(8-9-25-19(16)17)26-20(28)14-4-6-15(7-5-14)32(29,30)27-10-12-31-13-11-27/h1-9H,10-13H2,(H,25,26,28). The Bertz CT molecular complexity index is 1260. The van der Waals surface area contributed by atoms with Crippen molar-refractivity contribution >= 4 is 32.5 Å². The van der Waals surface area contributed by atoms with Crippen LogP contribution in [0, 0.1) is 0 Å². The Hall–Kier alpha value is -3.02. The summed E-state index contributed by atoms with van der Waals surface area (Å²) in [6.45, 7) is 1.13. The molecule has 0 spiro atoms. The summed E-state index contributed by atoms with van der Waals surface area (Å²) >= 11 is 0. The minimum atomic E-state index is -4.59. The number of hydrogen-bond acceptors (Lipinski definition) is 5. The van der Waals surface area contributed by atoms with E-state index in [4.69, 9.17) is 4.74 Å². The minimum Gasteiger partial charge on any atom is -0.379 e. The zero-order valence-corrected chi connectivity index (χ0v) is 17.4. The van der Waals surface area contributed by atoms with E-state index in [1.165, 1.54) is 53.0 Å². The highest BCUT2D eigenvalue weighted by molar-refractivity contribution is 7.89. The highest BCUT2D eigenvalue weighted by Gasteiger charge is 2.33. The zero-order valence-electron chi connectivity index (χ0n) is 16.6. The van der Waals surface area contributed by atoms with Crippen LogP contribution in [0.15, 0.2) is 59.6 Å². The van der Waals surface area contributed by atoms with Gasteiger partial charge in [-0.25, -0.2) is 8.42 Å². The smallest absolute Gasteiger partial charge is 0.379 e. The first-order valence-corrected chi connectivity index (χ1v) is 11.1. The van der Waals surface area contributed by atoms with E-state index in [1.807, 2.05) is 0 Å². The van der Waals surface area contributed by atoms with Crippen LogP contribution >= 0.6 is 0 Å². The van der Waals surface area contributed by atoms with Crippen LogP contribution in [0.5, 0.6) is 0 Å². The van der Waals surface area contributed by atoms with E-state index in [1.54, 1.807) is 0 Å². The fourth-order valence-corrected chi connectivity index (χ4v) is 4.83. The molecule has 0 atom stereocenters. The number of sulfonamides is 1. The number of nitrogens with zero attached hydrogens (tertiary/aromatic N) is 2. The van der Waals surface area contributed by atoms with Crippen molar-refractivity contribution in [2.75, 3.05) is 31.6 Å². The van der Waals surface area contributed by atoms with Gasteiger partial charge in [-0.3, -0.25) is 9.78 Å². The molecule has 2 heterocycles. The molecule has 32 heavy (non-hydrogen) atoms. The Morgan fingerprint density at radius 3 is 2.38 bits per heavy atom. The molecule has 7 nitrogen and oxygen atoms in total. The average Bonchev–Trinajstić information content (AvgIpc) is 2.79. The first kappa shape index (κ1) is 22.2. The Labute approximate surface area is 181 Å². The number of amides is 1. The van der Waals surface area contributed by atoms with Gasteiger partial charge in [-0.1, -0.05) is 12.1 Å². The number of anilines is 1. The molecule has 168 valence electrons. The maximum Gasteiger partial charge on any atom is 0.418 e. The number of rotatable bonds is 4. The molecule has 0 aliphatic carbocycles. The van der Waals surface area contributed by atoms with Crippen LogP contribution in [0.4, 0.5) is 18.9 Å². The molecule has 0 bridgehead atoms. The maximum atomic E-state index is 13.3. The molecule has 1 aliphatic rings. The molecule has 1 saturated heterocycles. The Morgan fingerprint density at radius 1 is 1.03 bits per heavy atom. The van der Waals surface area contributed by atoms with Gasteiger partial charge in [0.15, 0.2) is 0 Å². The number of morpholine rings is 1. The van der Waals surface area contributed by atoms with Crippen molar-refractivity contribution in [3.8, 4) is 0 Å². The molecule has 1 fully saturated rings. The summed E-state index contributed by atoms with van der Waals surface area (Å²) in [6, 6.07) is 10.4. The van der Waals surface area contributed by atoms with E-state index < -0.39 is 27.7 Å². The number of carbonyl (C=O) groups excluding carboxylic acids is 1. The number of ether oxygens (including phenoxy) is 1. The van der Waals surface area contributed by atoms with E-state index in [9.17, 15) is 26.4 Å². The van der Waals surface area contributed by atoms with Crippen LogP contribution in [-0.2, 0) is 20.9 Å². The molecule has 0 unspecified atom stereocenters. The quantitative estimate of drug-likeness (QED) is 0.637. The zero-order chi connectivity index (χ0) is 22.9. The number of nitrogens with one attached hydrogen (secondary N) is 1. The molecule has 1 N–H and O–H groups in total. The first-order chi connectivity index (χ1) is 15.2. The van der Waals surface area contributed by atoms with Crippen LogP contribution in [0.3, 0.4) is 0 Å². The van der Waals surface area contributed by atoms with Crippen molar-refractivity contribution in [3.63, 3.8) is 0 Å². The third-order valence-electron chi connectivity index (χ3n) is 5.05. The Balaban J connectivity index is 1.58. The number of pyridine rings is 1. The monoisotopic (exact) mass is 465 g/mol. The molecule has 3 aromatic rings. The number of aromatic nitrogens is 1. The van der Waals surface area contributed by atoms with Gasteiger partial charge in [-0.2, -0.15) is 17.5 Å². The topological polar surface area (TPSA) is 88.6 Å². The molecular formula is C21H18F3N3O4S. The molecular weight excluding hydrogens is 447 g/mol. The molecule has 1 amide bonds. The number of para-hydroxylation sites is 1. The normalized spacial score (nSPS) is 15.6. The van der Waals surface area contributed by atoms with Gasteiger partial charge in [0.05, 0.1) is 34.9 Å². The van der Waals surface area contributed by atoms with Crippen LogP contribution in [0.1, 0.15) is 15.9 Å². The number of alkyl halides is 3. The van der Waals surface area contributed by atoms with Crippen molar-refractivity contribution in [2.24, 2.45) is 0 Å². The van der Waals surface area contributed by atoms with E-state index in [-0.39, 0.29) is 40.1 Å². The number of halogens is 3. The van der Waals surface area contributed by atoms with Gasteiger partial charge in [-0.05, 0) is 36.4 Å². The van der Waals surface area contributed by atoms with Crippen molar-refractivity contribution in [1.29, 1.82) is 0 Å². The fourth-order valence-electron chi connectivity index (χ4n) is 3.42. The van der Waals surface area contributed by atoms with Crippen LogP contribution in [0.25, 0.3) is 10.9 Å². The summed E-state index contributed by atoms with van der Waals surface area (Å²) in [7, 11) is -3.70. The summed E-state index contributed by atoms with van der Waals surface area (Å²) in [5.74, 6) is -0.592. The van der Waals surface area contributed by atoms with Crippen LogP contribution in [-0.4, -0.2) is 49.9 Å². The predicted octanol–water partition coefficient (Wildman–Crippen LogP) is 3.53. The lowest BCUT2D eigenvalue weighted by molar-refractivity contribution is -0.136. The molecule has 0 radical (unpaired) electrons. The number of fused-ring (bicyclic) bond motifs is 1. The van der Waals surface area contributed by atoms with E-state index in [0.717, 1.165) is 6.07 Å². The molecule has 2 aromatic carbocycles. The lowest BCUT2D eigenvalue weighted by Crippen LogP contribution is -2.40. The summed E-state index contributed by atoms with van der Waals surface area (Å²) in [5, 5.41) is 2.72. The van der Waals surface area contributed by atoms with Crippen molar-refractivity contribution in [3.05, 3.63) is 65.9 Å². The number of benzene rings is 2. The molecule has 1 aromatic heterocycles. The predicted molar refractivity (Wildman–Crippen MR) is 111 cm³/mol. The summed E-state index contributed by atoms with van der Waals surface area (Å²) in [6.07, 6.45) is -3.40. The molecule has 4 rings (SSSR count). The lowest BCUT2D eigenvalue weighted by atomic mass is 10.1. The van der Waals surface area contributed by atoms with Crippen molar-refractivity contribution in [1.82, 2.24) is 9.29 Å². The molecule has 0 saturated carbocycles. The van der Waals surface area contributed by atoms with Crippen LogP contribution < -0.4 is 5.32 Å². The second-order valence-corrected chi connectivity index (χ2v) is 8.99. The lowest BCUT2D eigenvalue weighted by Gasteiger charge is -2.26. The van der Waals surface area contributed by atoms with Crippen molar-refractivity contribution < 1.29 is 31.1 Å². The maximum absolute atomic E-state index is 13.3. The highest BCUT2D eigenvalue weighted by Crippen LogP contribution is 2.35. The van der Waals surface area contributed by atoms with Gasteiger partial charge in [0, 0.05) is 30.2 Å². The summed E-state index contributed by atoms with van der Waals surface area (Å²) in [5.41, 5.74) is -0.854. The summed E-state index contributed by atoms with van der Waals surface area (Å²) < 4.78 is 71.6. The van der Waals surface area contributed by atoms with Gasteiger partial charge in [0.2, 0.25) is 10.0 Å². The first-order valence-electron chi connectivity index (χ1n) is 9.62. The summed E-state index contributed by atoms with van der Waals surface area (Å²) in [4.78, 5) is 16.5.